The lowest BCUT2D eigenvalue weighted by molar-refractivity contribution is -0.139. The number of benzene rings is 1. The Labute approximate surface area is 118 Å². The zero-order valence-electron chi connectivity index (χ0n) is 11.7. The number of esters is 1. The quantitative estimate of drug-likeness (QED) is 0.847. The van der Waals surface area contributed by atoms with Crippen molar-refractivity contribution in [3.05, 3.63) is 53.9 Å². The summed E-state index contributed by atoms with van der Waals surface area (Å²) < 4.78 is 4.57. The first kappa shape index (κ1) is 14.2. The summed E-state index contributed by atoms with van der Waals surface area (Å²) in [6, 6.07) is 10.3. The van der Waals surface area contributed by atoms with Crippen molar-refractivity contribution in [3.8, 4) is 11.1 Å². The monoisotopic (exact) mass is 270 g/mol. The second-order valence-electron chi connectivity index (χ2n) is 4.63. The van der Waals surface area contributed by atoms with E-state index in [2.05, 4.69) is 33.2 Å². The first-order valence-corrected chi connectivity index (χ1v) is 6.47. The number of hydrogen-bond donors (Lipinski definition) is 1. The normalized spacial score (nSPS) is 10.3. The summed E-state index contributed by atoms with van der Waals surface area (Å²) in [5.41, 5.74) is 4.52. The van der Waals surface area contributed by atoms with Gasteiger partial charge in [-0.15, -0.1) is 0 Å². The van der Waals surface area contributed by atoms with Crippen LogP contribution >= 0.6 is 0 Å². The van der Waals surface area contributed by atoms with Crippen molar-refractivity contribution in [3.63, 3.8) is 0 Å². The number of aryl methyl sites for hydroxylation is 1. The van der Waals surface area contributed by atoms with Crippen LogP contribution in [0.2, 0.25) is 0 Å². The Morgan fingerprint density at radius 3 is 2.60 bits per heavy atom. The van der Waals surface area contributed by atoms with E-state index in [1.165, 1.54) is 7.11 Å². The Morgan fingerprint density at radius 2 is 1.95 bits per heavy atom. The fourth-order valence-electron chi connectivity index (χ4n) is 1.91. The zero-order valence-corrected chi connectivity index (χ0v) is 11.7. The Balaban J connectivity index is 1.98. The third-order valence-electron chi connectivity index (χ3n) is 2.99. The molecule has 1 aromatic heterocycles. The highest BCUT2D eigenvalue weighted by atomic mass is 16.5. The minimum atomic E-state index is -0.257. The van der Waals surface area contributed by atoms with Crippen LogP contribution in [0, 0.1) is 6.92 Å². The van der Waals surface area contributed by atoms with Crippen LogP contribution in [-0.4, -0.2) is 24.6 Å². The summed E-state index contributed by atoms with van der Waals surface area (Å²) in [7, 11) is 1.38. The van der Waals surface area contributed by atoms with Gasteiger partial charge in [0.15, 0.2) is 0 Å². The maximum Gasteiger partial charge on any atom is 0.319 e. The molecule has 20 heavy (non-hydrogen) atoms. The number of rotatable bonds is 5. The Hall–Kier alpha value is -2.20. The molecule has 0 aliphatic heterocycles. The molecule has 4 nitrogen and oxygen atoms in total. The van der Waals surface area contributed by atoms with E-state index < -0.39 is 0 Å². The van der Waals surface area contributed by atoms with E-state index in [1.54, 1.807) is 0 Å². The molecular formula is C16H18N2O2. The molecule has 0 amide bonds. The highest BCUT2D eigenvalue weighted by molar-refractivity contribution is 5.71. The van der Waals surface area contributed by atoms with Gasteiger partial charge in [-0.05, 0) is 29.7 Å². The van der Waals surface area contributed by atoms with E-state index in [0.29, 0.717) is 6.54 Å². The van der Waals surface area contributed by atoms with E-state index in [9.17, 15) is 4.79 Å². The molecule has 0 bridgehead atoms. The summed E-state index contributed by atoms with van der Waals surface area (Å²) >= 11 is 0. The van der Waals surface area contributed by atoms with Gasteiger partial charge in [0.1, 0.15) is 0 Å². The molecule has 0 spiro atoms. The lowest BCUT2D eigenvalue weighted by Crippen LogP contribution is -2.23. The van der Waals surface area contributed by atoms with Crippen LogP contribution in [0.15, 0.2) is 42.7 Å². The van der Waals surface area contributed by atoms with E-state index in [4.69, 9.17) is 0 Å². The number of nitrogens with zero attached hydrogens (tertiary/aromatic N) is 1. The smallest absolute Gasteiger partial charge is 0.319 e. The lowest BCUT2D eigenvalue weighted by atomic mass is 10.0. The summed E-state index contributed by atoms with van der Waals surface area (Å²) in [5.74, 6) is -0.257. The molecule has 0 aliphatic carbocycles. The van der Waals surface area contributed by atoms with E-state index in [1.807, 2.05) is 31.5 Å². The number of ether oxygens (including phenoxy) is 1. The molecule has 0 saturated carbocycles. The van der Waals surface area contributed by atoms with Crippen LogP contribution in [-0.2, 0) is 16.1 Å². The highest BCUT2D eigenvalue weighted by Crippen LogP contribution is 2.19. The molecule has 0 aliphatic rings. The lowest BCUT2D eigenvalue weighted by Gasteiger charge is -2.06. The first-order valence-electron chi connectivity index (χ1n) is 6.47. The van der Waals surface area contributed by atoms with Crippen molar-refractivity contribution in [2.75, 3.05) is 13.7 Å². The number of aromatic nitrogens is 1. The molecule has 4 heteroatoms. The van der Waals surface area contributed by atoms with Crippen molar-refractivity contribution in [2.45, 2.75) is 13.5 Å². The molecule has 1 N–H and O–H groups in total. The largest absolute Gasteiger partial charge is 0.468 e. The van der Waals surface area contributed by atoms with Gasteiger partial charge in [-0.1, -0.05) is 24.3 Å². The number of pyridine rings is 1. The number of methoxy groups -OCH3 is 1. The van der Waals surface area contributed by atoms with Crippen LogP contribution in [0.4, 0.5) is 0 Å². The number of carbonyl (C=O) groups is 1. The SMILES string of the molecule is COC(=O)CNCc1ccc(-c2cncc(C)c2)cc1. The van der Waals surface area contributed by atoms with Crippen molar-refractivity contribution >= 4 is 5.97 Å². The van der Waals surface area contributed by atoms with Crippen molar-refractivity contribution in [1.82, 2.24) is 10.3 Å². The zero-order chi connectivity index (χ0) is 14.4. The fraction of sp³-hybridized carbons (Fsp3) is 0.250. The van der Waals surface area contributed by atoms with E-state index >= 15 is 0 Å². The minimum Gasteiger partial charge on any atom is -0.468 e. The summed E-state index contributed by atoms with van der Waals surface area (Å²) in [5, 5.41) is 3.03. The molecule has 2 rings (SSSR count). The third-order valence-corrected chi connectivity index (χ3v) is 2.99. The maximum absolute atomic E-state index is 11.0. The van der Waals surface area contributed by atoms with Crippen molar-refractivity contribution in [1.29, 1.82) is 0 Å². The van der Waals surface area contributed by atoms with Gasteiger partial charge in [0.05, 0.1) is 13.7 Å². The van der Waals surface area contributed by atoms with Gasteiger partial charge < -0.3 is 10.1 Å². The third kappa shape index (κ3) is 3.90. The molecule has 1 aromatic carbocycles. The topological polar surface area (TPSA) is 51.2 Å². The molecule has 2 aromatic rings. The molecule has 0 atom stereocenters. The highest BCUT2D eigenvalue weighted by Gasteiger charge is 2.01. The maximum atomic E-state index is 11.0. The Bertz CT molecular complexity index is 579. The second-order valence-corrected chi connectivity index (χ2v) is 4.63. The Kier molecular flexibility index (Phi) is 4.85. The van der Waals surface area contributed by atoms with Crippen molar-refractivity contribution < 1.29 is 9.53 Å². The standard InChI is InChI=1S/C16H18N2O2/c1-12-7-15(10-17-8-12)14-5-3-13(4-6-14)9-18-11-16(19)20-2/h3-8,10,18H,9,11H2,1-2H3. The van der Waals surface area contributed by atoms with Crippen LogP contribution in [0.5, 0.6) is 0 Å². The fourth-order valence-corrected chi connectivity index (χ4v) is 1.91. The summed E-state index contributed by atoms with van der Waals surface area (Å²) in [6.07, 6.45) is 3.70. The molecule has 1 heterocycles. The van der Waals surface area contributed by atoms with Gasteiger partial charge in [0.2, 0.25) is 0 Å². The molecule has 0 radical (unpaired) electrons. The van der Waals surface area contributed by atoms with Crippen LogP contribution < -0.4 is 5.32 Å². The van der Waals surface area contributed by atoms with Crippen LogP contribution in [0.25, 0.3) is 11.1 Å². The van der Waals surface area contributed by atoms with E-state index in [0.717, 1.165) is 22.3 Å². The molecule has 104 valence electrons. The van der Waals surface area contributed by atoms with Gasteiger partial charge >= 0.3 is 5.97 Å². The Morgan fingerprint density at radius 1 is 1.20 bits per heavy atom. The average Bonchev–Trinajstić information content (AvgIpc) is 2.48. The number of hydrogen-bond acceptors (Lipinski definition) is 4. The molecule has 0 saturated heterocycles. The van der Waals surface area contributed by atoms with Gasteiger partial charge in [-0.25, -0.2) is 0 Å². The number of nitrogens with one attached hydrogen (secondary N) is 1. The van der Waals surface area contributed by atoms with Gasteiger partial charge in [0.25, 0.3) is 0 Å². The summed E-state index contributed by atoms with van der Waals surface area (Å²) in [6.45, 7) is 2.89. The average molecular weight is 270 g/mol. The first-order chi connectivity index (χ1) is 9.69. The van der Waals surface area contributed by atoms with E-state index in [-0.39, 0.29) is 12.5 Å². The second kappa shape index (κ2) is 6.82. The van der Waals surface area contributed by atoms with Crippen LogP contribution in [0.3, 0.4) is 0 Å². The molecule has 0 unspecified atom stereocenters. The molecular weight excluding hydrogens is 252 g/mol. The van der Waals surface area contributed by atoms with Gasteiger partial charge in [-0.3, -0.25) is 9.78 Å². The summed E-state index contributed by atoms with van der Waals surface area (Å²) in [4.78, 5) is 15.2. The minimum absolute atomic E-state index is 0.222. The number of carbonyl (C=O) groups excluding carboxylic acids is 1. The van der Waals surface area contributed by atoms with Crippen LogP contribution in [0.1, 0.15) is 11.1 Å². The van der Waals surface area contributed by atoms with Gasteiger partial charge in [0, 0.05) is 24.5 Å². The molecule has 0 fully saturated rings. The predicted molar refractivity (Wildman–Crippen MR) is 78.1 cm³/mol. The predicted octanol–water partition coefficient (Wildman–Crippen LogP) is 2.32. The van der Waals surface area contributed by atoms with Crippen molar-refractivity contribution in [2.24, 2.45) is 0 Å². The van der Waals surface area contributed by atoms with Gasteiger partial charge in [-0.2, -0.15) is 0 Å².